The molecule has 1 N–H and O–H groups in total. The van der Waals surface area contributed by atoms with Gasteiger partial charge in [0.1, 0.15) is 0 Å². The van der Waals surface area contributed by atoms with Crippen LogP contribution in [0.15, 0.2) is 0 Å². The van der Waals surface area contributed by atoms with Crippen LogP contribution in [0.2, 0.25) is 0 Å². The average Bonchev–Trinajstić information content (AvgIpc) is 2.31. The number of hydrogen-bond acceptors (Lipinski definition) is 2. The number of hydrogen-bond donors (Lipinski definition) is 1. The van der Waals surface area contributed by atoms with Crippen LogP contribution in [0.25, 0.3) is 0 Å². The van der Waals surface area contributed by atoms with E-state index in [9.17, 15) is 9.59 Å². The summed E-state index contributed by atoms with van der Waals surface area (Å²) in [7, 11) is 1.78. The Hall–Kier alpha value is -1.06. The van der Waals surface area contributed by atoms with Crippen molar-refractivity contribution >= 4 is 12.3 Å². The molecule has 0 aromatic rings. The zero-order valence-corrected chi connectivity index (χ0v) is 6.54. The number of likely N-dealkylation sites (tertiary alicyclic amines) is 1. The van der Waals surface area contributed by atoms with Crippen molar-refractivity contribution in [3.05, 3.63) is 0 Å². The Bertz CT molecular complexity index is 170. The number of nitrogens with zero attached hydrogens (tertiary/aromatic N) is 1. The Kier molecular flexibility index (Phi) is 2.46. The van der Waals surface area contributed by atoms with Crippen molar-refractivity contribution in [1.82, 2.24) is 10.2 Å². The largest absolute Gasteiger partial charge is 0.358 e. The van der Waals surface area contributed by atoms with Crippen LogP contribution in [-0.2, 0) is 9.59 Å². The second-order valence-electron chi connectivity index (χ2n) is 2.77. The molecule has 1 unspecified atom stereocenters. The fourth-order valence-corrected chi connectivity index (χ4v) is 1.27. The van der Waals surface area contributed by atoms with Crippen molar-refractivity contribution in [2.24, 2.45) is 5.92 Å². The van der Waals surface area contributed by atoms with Gasteiger partial charge >= 0.3 is 0 Å². The van der Waals surface area contributed by atoms with E-state index in [2.05, 4.69) is 5.32 Å². The molecule has 0 aliphatic carbocycles. The first kappa shape index (κ1) is 8.04. The molecule has 0 spiro atoms. The molecular formula is C7H12N2O2. The predicted molar refractivity (Wildman–Crippen MR) is 39.8 cm³/mol. The van der Waals surface area contributed by atoms with Crippen LogP contribution in [0, 0.1) is 5.92 Å². The molecule has 4 nitrogen and oxygen atoms in total. The molecule has 1 rings (SSSR count). The molecule has 1 fully saturated rings. The van der Waals surface area contributed by atoms with Crippen molar-refractivity contribution in [1.29, 1.82) is 0 Å². The Labute approximate surface area is 65.6 Å². The normalized spacial score (nSPS) is 23.9. The van der Waals surface area contributed by atoms with Gasteiger partial charge in [-0.05, 0) is 6.42 Å². The van der Waals surface area contributed by atoms with Gasteiger partial charge in [-0.25, -0.2) is 0 Å². The van der Waals surface area contributed by atoms with Gasteiger partial charge in [0.15, 0.2) is 0 Å². The Morgan fingerprint density at radius 1 is 1.82 bits per heavy atom. The first-order valence-electron chi connectivity index (χ1n) is 3.67. The maximum absolute atomic E-state index is 11.2. The third-order valence-corrected chi connectivity index (χ3v) is 1.99. The zero-order valence-electron chi connectivity index (χ0n) is 6.54. The van der Waals surface area contributed by atoms with Crippen molar-refractivity contribution in [3.8, 4) is 0 Å². The summed E-state index contributed by atoms with van der Waals surface area (Å²) in [5.41, 5.74) is 0. The van der Waals surface area contributed by atoms with Crippen LogP contribution in [0.3, 0.4) is 0 Å². The van der Waals surface area contributed by atoms with Crippen molar-refractivity contribution < 1.29 is 9.59 Å². The summed E-state index contributed by atoms with van der Waals surface area (Å²) in [6.45, 7) is 1.29. The smallest absolute Gasteiger partial charge is 0.227 e. The van der Waals surface area contributed by atoms with E-state index in [1.807, 2.05) is 0 Å². The predicted octanol–water partition coefficient (Wildman–Crippen LogP) is -0.789. The highest BCUT2D eigenvalue weighted by molar-refractivity contribution is 5.81. The first-order chi connectivity index (χ1) is 5.25. The molecule has 0 aromatic carbocycles. The fourth-order valence-electron chi connectivity index (χ4n) is 1.27. The summed E-state index contributed by atoms with van der Waals surface area (Å²) in [4.78, 5) is 22.8. The second-order valence-corrected chi connectivity index (χ2v) is 2.77. The van der Waals surface area contributed by atoms with E-state index in [0.717, 1.165) is 13.0 Å². The lowest BCUT2D eigenvalue weighted by Gasteiger charge is -2.08. The summed E-state index contributed by atoms with van der Waals surface area (Å²) < 4.78 is 0. The zero-order chi connectivity index (χ0) is 8.27. The van der Waals surface area contributed by atoms with Crippen LogP contribution >= 0.6 is 0 Å². The molecule has 1 aliphatic rings. The standard InChI is InChI=1S/C7H12N2O2/c1-9-3-2-6(7(9)11)4-8-5-10/h5-6H,2-4H2,1H3,(H,8,10). The molecule has 1 heterocycles. The number of rotatable bonds is 3. The van der Waals surface area contributed by atoms with Gasteiger partial charge in [-0.2, -0.15) is 0 Å². The first-order valence-corrected chi connectivity index (χ1v) is 3.67. The molecule has 0 radical (unpaired) electrons. The lowest BCUT2D eigenvalue weighted by atomic mass is 10.1. The minimum atomic E-state index is 0.00481. The van der Waals surface area contributed by atoms with Gasteiger partial charge in [0.2, 0.25) is 12.3 Å². The Balaban J connectivity index is 2.36. The van der Waals surface area contributed by atoms with E-state index in [1.54, 1.807) is 11.9 Å². The molecule has 0 aromatic heterocycles. The van der Waals surface area contributed by atoms with E-state index >= 15 is 0 Å². The molecule has 11 heavy (non-hydrogen) atoms. The summed E-state index contributed by atoms with van der Waals surface area (Å²) in [6.07, 6.45) is 1.49. The number of carbonyl (C=O) groups is 2. The maximum Gasteiger partial charge on any atom is 0.227 e. The second kappa shape index (κ2) is 3.37. The van der Waals surface area contributed by atoms with Crippen LogP contribution in [0.1, 0.15) is 6.42 Å². The van der Waals surface area contributed by atoms with Gasteiger partial charge in [0.25, 0.3) is 0 Å². The van der Waals surface area contributed by atoms with Gasteiger partial charge in [0.05, 0.1) is 5.92 Å². The molecule has 1 atom stereocenters. The highest BCUT2D eigenvalue weighted by Crippen LogP contribution is 2.14. The monoisotopic (exact) mass is 156 g/mol. The molecule has 62 valence electrons. The number of nitrogens with one attached hydrogen (secondary N) is 1. The van der Waals surface area contributed by atoms with E-state index in [4.69, 9.17) is 0 Å². The highest BCUT2D eigenvalue weighted by atomic mass is 16.2. The van der Waals surface area contributed by atoms with Gasteiger partial charge < -0.3 is 10.2 Å². The molecule has 1 aliphatic heterocycles. The number of amides is 2. The third kappa shape index (κ3) is 1.69. The fraction of sp³-hybridized carbons (Fsp3) is 0.714. The van der Waals surface area contributed by atoms with E-state index in [-0.39, 0.29) is 11.8 Å². The average molecular weight is 156 g/mol. The third-order valence-electron chi connectivity index (χ3n) is 1.99. The van der Waals surface area contributed by atoms with E-state index < -0.39 is 0 Å². The molecular weight excluding hydrogens is 144 g/mol. The lowest BCUT2D eigenvalue weighted by Crippen LogP contribution is -2.29. The SMILES string of the molecule is CN1CCC(CNC=O)C1=O. The van der Waals surface area contributed by atoms with Crippen LogP contribution < -0.4 is 5.32 Å². The maximum atomic E-state index is 11.2. The van der Waals surface area contributed by atoms with Crippen LogP contribution in [0.5, 0.6) is 0 Å². The van der Waals surface area contributed by atoms with Gasteiger partial charge in [-0.3, -0.25) is 9.59 Å². The van der Waals surface area contributed by atoms with Crippen LogP contribution in [-0.4, -0.2) is 37.4 Å². The van der Waals surface area contributed by atoms with Gasteiger partial charge in [0, 0.05) is 20.1 Å². The topological polar surface area (TPSA) is 49.4 Å². The molecule has 4 heteroatoms. The van der Waals surface area contributed by atoms with Crippen molar-refractivity contribution in [2.45, 2.75) is 6.42 Å². The molecule has 0 saturated carbocycles. The van der Waals surface area contributed by atoms with Gasteiger partial charge in [-0.15, -0.1) is 0 Å². The molecule has 1 saturated heterocycles. The summed E-state index contributed by atoms with van der Waals surface area (Å²) >= 11 is 0. The minimum Gasteiger partial charge on any atom is -0.358 e. The lowest BCUT2D eigenvalue weighted by molar-refractivity contribution is -0.129. The summed E-state index contributed by atoms with van der Waals surface area (Å²) in [5.74, 6) is 0.143. The van der Waals surface area contributed by atoms with Crippen LogP contribution in [0.4, 0.5) is 0 Å². The Morgan fingerprint density at radius 3 is 3.00 bits per heavy atom. The quantitative estimate of drug-likeness (QED) is 0.544. The van der Waals surface area contributed by atoms with E-state index in [0.29, 0.717) is 13.0 Å². The molecule has 0 bridgehead atoms. The van der Waals surface area contributed by atoms with Crippen molar-refractivity contribution in [2.75, 3.05) is 20.1 Å². The number of carbonyl (C=O) groups excluding carboxylic acids is 2. The highest BCUT2D eigenvalue weighted by Gasteiger charge is 2.28. The molecule has 2 amide bonds. The minimum absolute atomic E-state index is 0.00481. The van der Waals surface area contributed by atoms with E-state index in [1.165, 1.54) is 0 Å². The van der Waals surface area contributed by atoms with Gasteiger partial charge in [-0.1, -0.05) is 0 Å². The van der Waals surface area contributed by atoms with Crippen molar-refractivity contribution in [3.63, 3.8) is 0 Å². The summed E-state index contributed by atoms with van der Waals surface area (Å²) in [5, 5.41) is 2.51. The summed E-state index contributed by atoms with van der Waals surface area (Å²) in [6, 6.07) is 0. The Morgan fingerprint density at radius 2 is 2.55 bits per heavy atom.